The van der Waals surface area contributed by atoms with Crippen LogP contribution in [0.3, 0.4) is 0 Å². The standard InChI is InChI=1S/C18H19F3N2O2/c1-11-9-16(23-7-5-12(6-8-23)17(24)25-2)14-4-3-13(18(19,20)21)10-15(14)22-11/h3-4,9-10,12H,5-8H2,1-2H3. The molecule has 0 spiro atoms. The first-order chi connectivity index (χ1) is 11.8. The van der Waals surface area contributed by atoms with Crippen LogP contribution in [-0.4, -0.2) is 31.2 Å². The molecule has 25 heavy (non-hydrogen) atoms. The summed E-state index contributed by atoms with van der Waals surface area (Å²) in [4.78, 5) is 18.0. The number of nitrogens with zero attached hydrogens (tertiary/aromatic N) is 2. The van der Waals surface area contributed by atoms with Crippen molar-refractivity contribution in [3.05, 3.63) is 35.5 Å². The third kappa shape index (κ3) is 3.55. The molecule has 2 heterocycles. The second kappa shape index (κ2) is 6.54. The van der Waals surface area contributed by atoms with Gasteiger partial charge in [0.2, 0.25) is 0 Å². The number of pyridine rings is 1. The number of rotatable bonds is 2. The molecule has 0 bridgehead atoms. The molecule has 1 aliphatic heterocycles. The minimum absolute atomic E-state index is 0.118. The number of piperidine rings is 1. The number of anilines is 1. The van der Waals surface area contributed by atoms with E-state index in [4.69, 9.17) is 4.74 Å². The molecule has 4 nitrogen and oxygen atoms in total. The highest BCUT2D eigenvalue weighted by Crippen LogP contribution is 2.35. The number of hydrogen-bond donors (Lipinski definition) is 0. The quantitative estimate of drug-likeness (QED) is 0.768. The second-order valence-electron chi connectivity index (χ2n) is 6.30. The van der Waals surface area contributed by atoms with Crippen LogP contribution in [0, 0.1) is 12.8 Å². The van der Waals surface area contributed by atoms with Crippen LogP contribution < -0.4 is 4.90 Å². The Bertz CT molecular complexity index is 797. The van der Waals surface area contributed by atoms with Crippen LogP contribution in [0.2, 0.25) is 0 Å². The van der Waals surface area contributed by atoms with Crippen molar-refractivity contribution in [2.24, 2.45) is 5.92 Å². The summed E-state index contributed by atoms with van der Waals surface area (Å²) in [5.41, 5.74) is 1.16. The molecule has 1 aromatic heterocycles. The number of hydrogen-bond acceptors (Lipinski definition) is 4. The minimum Gasteiger partial charge on any atom is -0.469 e. The van der Waals surface area contributed by atoms with Crippen molar-refractivity contribution < 1.29 is 22.7 Å². The topological polar surface area (TPSA) is 42.4 Å². The van der Waals surface area contributed by atoms with Crippen LogP contribution in [-0.2, 0) is 15.7 Å². The Morgan fingerprint density at radius 1 is 1.24 bits per heavy atom. The summed E-state index contributed by atoms with van der Waals surface area (Å²) >= 11 is 0. The van der Waals surface area contributed by atoms with E-state index in [-0.39, 0.29) is 11.9 Å². The van der Waals surface area contributed by atoms with Gasteiger partial charge in [0, 0.05) is 29.9 Å². The number of aryl methyl sites for hydroxylation is 1. The fourth-order valence-electron chi connectivity index (χ4n) is 3.30. The zero-order valence-electron chi connectivity index (χ0n) is 14.1. The molecule has 0 saturated carbocycles. The van der Waals surface area contributed by atoms with E-state index in [2.05, 4.69) is 9.88 Å². The average Bonchev–Trinajstić information content (AvgIpc) is 2.59. The van der Waals surface area contributed by atoms with Crippen LogP contribution in [0.15, 0.2) is 24.3 Å². The highest BCUT2D eigenvalue weighted by atomic mass is 19.4. The molecule has 0 unspecified atom stereocenters. The zero-order chi connectivity index (χ0) is 18.2. The van der Waals surface area contributed by atoms with E-state index in [1.165, 1.54) is 13.2 Å². The first-order valence-electron chi connectivity index (χ1n) is 8.11. The molecule has 7 heteroatoms. The summed E-state index contributed by atoms with van der Waals surface area (Å²) in [5.74, 6) is -0.322. The van der Waals surface area contributed by atoms with Crippen LogP contribution in [0.4, 0.5) is 18.9 Å². The fourth-order valence-corrected chi connectivity index (χ4v) is 3.30. The van der Waals surface area contributed by atoms with Crippen molar-refractivity contribution in [2.45, 2.75) is 25.9 Å². The largest absolute Gasteiger partial charge is 0.469 e. The molecule has 0 amide bonds. The lowest BCUT2D eigenvalue weighted by molar-refractivity contribution is -0.146. The number of esters is 1. The predicted octanol–water partition coefficient (Wildman–Crippen LogP) is 3.95. The number of halogens is 3. The van der Waals surface area contributed by atoms with Crippen LogP contribution in [0.1, 0.15) is 24.1 Å². The number of methoxy groups -OCH3 is 1. The monoisotopic (exact) mass is 352 g/mol. The number of ether oxygens (including phenoxy) is 1. The molecule has 1 aromatic carbocycles. The summed E-state index contributed by atoms with van der Waals surface area (Å²) in [5, 5.41) is 0.690. The zero-order valence-corrected chi connectivity index (χ0v) is 14.1. The third-order valence-electron chi connectivity index (χ3n) is 4.61. The highest BCUT2D eigenvalue weighted by Gasteiger charge is 2.31. The van der Waals surface area contributed by atoms with Gasteiger partial charge in [-0.2, -0.15) is 13.2 Å². The summed E-state index contributed by atoms with van der Waals surface area (Å²) in [6, 6.07) is 5.54. The summed E-state index contributed by atoms with van der Waals surface area (Å²) < 4.78 is 43.6. The summed E-state index contributed by atoms with van der Waals surface area (Å²) in [7, 11) is 1.38. The maximum Gasteiger partial charge on any atom is 0.416 e. The van der Waals surface area contributed by atoms with Gasteiger partial charge in [-0.1, -0.05) is 6.07 Å². The van der Waals surface area contributed by atoms with E-state index in [1.807, 2.05) is 6.07 Å². The smallest absolute Gasteiger partial charge is 0.416 e. The molecule has 1 aliphatic rings. The van der Waals surface area contributed by atoms with Gasteiger partial charge in [-0.25, -0.2) is 0 Å². The molecule has 0 radical (unpaired) electrons. The van der Waals surface area contributed by atoms with Crippen molar-refractivity contribution in [1.29, 1.82) is 0 Å². The van der Waals surface area contributed by atoms with E-state index in [0.29, 0.717) is 42.5 Å². The lowest BCUT2D eigenvalue weighted by Gasteiger charge is -2.33. The SMILES string of the molecule is COC(=O)C1CCN(c2cc(C)nc3cc(C(F)(F)F)ccc23)CC1. The number of aromatic nitrogens is 1. The molecule has 0 aliphatic carbocycles. The van der Waals surface area contributed by atoms with Gasteiger partial charge in [0.05, 0.1) is 24.1 Å². The van der Waals surface area contributed by atoms with E-state index < -0.39 is 11.7 Å². The van der Waals surface area contributed by atoms with Crippen LogP contribution in [0.5, 0.6) is 0 Å². The maximum absolute atomic E-state index is 12.9. The van der Waals surface area contributed by atoms with Gasteiger partial charge in [0.15, 0.2) is 0 Å². The van der Waals surface area contributed by atoms with E-state index >= 15 is 0 Å². The summed E-state index contributed by atoms with van der Waals surface area (Å²) in [6.07, 6.45) is -3.06. The van der Waals surface area contributed by atoms with Crippen molar-refractivity contribution >= 4 is 22.6 Å². The molecule has 3 rings (SSSR count). The Labute approximate surface area is 143 Å². The van der Waals surface area contributed by atoms with Gasteiger partial charge in [0.1, 0.15) is 0 Å². The van der Waals surface area contributed by atoms with E-state index in [0.717, 1.165) is 17.8 Å². The van der Waals surface area contributed by atoms with Crippen molar-refractivity contribution in [1.82, 2.24) is 4.98 Å². The number of carbonyl (C=O) groups excluding carboxylic acids is 1. The van der Waals surface area contributed by atoms with Gasteiger partial charge in [-0.3, -0.25) is 9.78 Å². The Balaban J connectivity index is 1.93. The summed E-state index contributed by atoms with van der Waals surface area (Å²) in [6.45, 7) is 3.07. The Morgan fingerprint density at radius 3 is 2.52 bits per heavy atom. The maximum atomic E-state index is 12.9. The average molecular weight is 352 g/mol. The molecule has 0 atom stereocenters. The van der Waals surface area contributed by atoms with Crippen LogP contribution >= 0.6 is 0 Å². The third-order valence-corrected chi connectivity index (χ3v) is 4.61. The molecular weight excluding hydrogens is 333 g/mol. The molecule has 2 aromatic rings. The number of alkyl halides is 3. The molecule has 0 N–H and O–H groups in total. The highest BCUT2D eigenvalue weighted by molar-refractivity contribution is 5.92. The predicted molar refractivity (Wildman–Crippen MR) is 88.4 cm³/mol. The lowest BCUT2D eigenvalue weighted by Crippen LogP contribution is -2.36. The van der Waals surface area contributed by atoms with Gasteiger partial charge < -0.3 is 9.64 Å². The second-order valence-corrected chi connectivity index (χ2v) is 6.30. The molecule has 134 valence electrons. The van der Waals surface area contributed by atoms with E-state index in [9.17, 15) is 18.0 Å². The Morgan fingerprint density at radius 2 is 1.92 bits per heavy atom. The number of carbonyl (C=O) groups is 1. The van der Waals surface area contributed by atoms with Gasteiger partial charge in [0.25, 0.3) is 0 Å². The van der Waals surface area contributed by atoms with E-state index in [1.54, 1.807) is 6.92 Å². The molecular formula is C18H19F3N2O2. The van der Waals surface area contributed by atoms with Crippen molar-refractivity contribution in [3.8, 4) is 0 Å². The van der Waals surface area contributed by atoms with Crippen LogP contribution in [0.25, 0.3) is 10.9 Å². The van der Waals surface area contributed by atoms with Gasteiger partial charge in [-0.15, -0.1) is 0 Å². The lowest BCUT2D eigenvalue weighted by atomic mass is 9.96. The fraction of sp³-hybridized carbons (Fsp3) is 0.444. The van der Waals surface area contributed by atoms with Gasteiger partial charge >= 0.3 is 12.1 Å². The number of benzene rings is 1. The Hall–Kier alpha value is -2.31. The first-order valence-corrected chi connectivity index (χ1v) is 8.11. The number of fused-ring (bicyclic) bond motifs is 1. The van der Waals surface area contributed by atoms with Crippen molar-refractivity contribution in [2.75, 3.05) is 25.1 Å². The first kappa shape index (κ1) is 17.5. The Kier molecular flexibility index (Phi) is 4.58. The van der Waals surface area contributed by atoms with Gasteiger partial charge in [-0.05, 0) is 38.0 Å². The van der Waals surface area contributed by atoms with Crippen molar-refractivity contribution in [3.63, 3.8) is 0 Å². The molecule has 1 fully saturated rings. The molecule has 1 saturated heterocycles. The normalized spacial score (nSPS) is 16.3. The minimum atomic E-state index is -4.39.